The van der Waals surface area contributed by atoms with Gasteiger partial charge in [0, 0.05) is 55.2 Å². The highest BCUT2D eigenvalue weighted by molar-refractivity contribution is 6.30. The molecule has 0 atom stereocenters. The number of aromatic nitrogens is 1. The van der Waals surface area contributed by atoms with Gasteiger partial charge < -0.3 is 4.90 Å². The van der Waals surface area contributed by atoms with Gasteiger partial charge in [-0.1, -0.05) is 35.3 Å². The van der Waals surface area contributed by atoms with E-state index in [1.165, 1.54) is 5.69 Å². The highest BCUT2D eigenvalue weighted by atomic mass is 35.5. The predicted octanol–water partition coefficient (Wildman–Crippen LogP) is 3.71. The molecule has 2 aromatic rings. The minimum absolute atomic E-state index is 0.606. The summed E-state index contributed by atoms with van der Waals surface area (Å²) < 4.78 is 0. The fraction of sp³-hybridized carbons (Fsp3) is 0.312. The Bertz CT molecular complexity index is 610. The van der Waals surface area contributed by atoms with Crippen molar-refractivity contribution in [3.8, 4) is 0 Å². The highest BCUT2D eigenvalue weighted by Gasteiger charge is 2.18. The zero-order chi connectivity index (χ0) is 14.7. The first-order chi connectivity index (χ1) is 10.2. The number of piperazine rings is 1. The van der Waals surface area contributed by atoms with Crippen molar-refractivity contribution in [3.05, 3.63) is 58.3 Å². The molecule has 1 aliphatic rings. The van der Waals surface area contributed by atoms with Crippen LogP contribution < -0.4 is 4.90 Å². The van der Waals surface area contributed by atoms with E-state index in [-0.39, 0.29) is 0 Å². The lowest BCUT2D eigenvalue weighted by molar-refractivity contribution is 0.249. The Morgan fingerprint density at radius 3 is 2.52 bits per heavy atom. The molecule has 3 rings (SSSR count). The third-order valence-electron chi connectivity index (χ3n) is 3.78. The van der Waals surface area contributed by atoms with Gasteiger partial charge in [0.15, 0.2) is 0 Å². The molecular weight excluding hydrogens is 305 g/mol. The summed E-state index contributed by atoms with van der Waals surface area (Å²) in [6.45, 7) is 4.88. The molecule has 0 radical (unpaired) electrons. The fourth-order valence-corrected chi connectivity index (χ4v) is 2.98. The van der Waals surface area contributed by atoms with Gasteiger partial charge in [0.2, 0.25) is 0 Å². The zero-order valence-electron chi connectivity index (χ0n) is 11.7. The molecule has 110 valence electrons. The lowest BCUT2D eigenvalue weighted by Gasteiger charge is -2.36. The number of hydrogen-bond acceptors (Lipinski definition) is 3. The molecule has 0 aliphatic carbocycles. The van der Waals surface area contributed by atoms with Crippen LogP contribution in [0.1, 0.15) is 5.56 Å². The quantitative estimate of drug-likeness (QED) is 0.803. The Balaban J connectivity index is 1.59. The fourth-order valence-electron chi connectivity index (χ4n) is 2.62. The van der Waals surface area contributed by atoms with Gasteiger partial charge in [-0.15, -0.1) is 0 Å². The van der Waals surface area contributed by atoms with Gasteiger partial charge >= 0.3 is 0 Å². The lowest BCUT2D eigenvalue weighted by Crippen LogP contribution is -2.46. The highest BCUT2D eigenvalue weighted by Crippen LogP contribution is 2.22. The largest absolute Gasteiger partial charge is 0.369 e. The first kappa shape index (κ1) is 14.6. The molecule has 3 nitrogen and oxygen atoms in total. The van der Waals surface area contributed by atoms with Crippen LogP contribution in [0.3, 0.4) is 0 Å². The van der Waals surface area contributed by atoms with Crippen LogP contribution in [0.4, 0.5) is 5.69 Å². The number of anilines is 1. The first-order valence-electron chi connectivity index (χ1n) is 7.04. The molecule has 1 aromatic carbocycles. The summed E-state index contributed by atoms with van der Waals surface area (Å²) in [7, 11) is 0. The Kier molecular flexibility index (Phi) is 4.63. The lowest BCUT2D eigenvalue weighted by atomic mass is 10.2. The molecule has 1 fully saturated rings. The van der Waals surface area contributed by atoms with Gasteiger partial charge in [-0.3, -0.25) is 4.90 Å². The summed E-state index contributed by atoms with van der Waals surface area (Å²) in [6.07, 6.45) is 1.73. The molecule has 1 saturated heterocycles. The molecular formula is C16H17Cl2N3. The summed E-state index contributed by atoms with van der Waals surface area (Å²) >= 11 is 12.2. The van der Waals surface area contributed by atoms with E-state index in [4.69, 9.17) is 23.2 Å². The maximum Gasteiger partial charge on any atom is 0.133 e. The van der Waals surface area contributed by atoms with Gasteiger partial charge in [-0.25, -0.2) is 4.98 Å². The third-order valence-corrected chi connectivity index (χ3v) is 4.35. The van der Waals surface area contributed by atoms with Gasteiger partial charge in [0.1, 0.15) is 5.15 Å². The third kappa shape index (κ3) is 3.67. The Hall–Kier alpha value is -1.29. The second-order valence-corrected chi connectivity index (χ2v) is 5.99. The number of benzene rings is 1. The smallest absolute Gasteiger partial charge is 0.133 e. The van der Waals surface area contributed by atoms with Crippen LogP contribution in [-0.2, 0) is 6.54 Å². The molecule has 0 N–H and O–H groups in total. The van der Waals surface area contributed by atoms with Crippen molar-refractivity contribution in [2.75, 3.05) is 31.1 Å². The SMILES string of the molecule is Clc1cccc(N2CCN(Cc3cccnc3Cl)CC2)c1. The normalized spacial score (nSPS) is 16.2. The average molecular weight is 322 g/mol. The molecule has 0 unspecified atom stereocenters. The molecule has 0 bridgehead atoms. The van der Waals surface area contributed by atoms with Crippen molar-refractivity contribution in [1.82, 2.24) is 9.88 Å². The number of hydrogen-bond donors (Lipinski definition) is 0. The standard InChI is InChI=1S/C16H17Cl2N3/c17-14-4-1-5-15(11-14)21-9-7-20(8-10-21)12-13-3-2-6-19-16(13)18/h1-6,11H,7-10,12H2. The van der Waals surface area contributed by atoms with E-state index in [2.05, 4.69) is 20.9 Å². The van der Waals surface area contributed by atoms with Crippen LogP contribution in [0.5, 0.6) is 0 Å². The van der Waals surface area contributed by atoms with E-state index in [0.717, 1.165) is 43.3 Å². The van der Waals surface area contributed by atoms with Gasteiger partial charge in [-0.05, 0) is 24.3 Å². The van der Waals surface area contributed by atoms with E-state index < -0.39 is 0 Å². The van der Waals surface area contributed by atoms with E-state index in [9.17, 15) is 0 Å². The summed E-state index contributed by atoms with van der Waals surface area (Å²) in [5.41, 5.74) is 2.29. The van der Waals surface area contributed by atoms with Crippen molar-refractivity contribution in [2.24, 2.45) is 0 Å². The number of rotatable bonds is 3. The van der Waals surface area contributed by atoms with Crippen molar-refractivity contribution >= 4 is 28.9 Å². The Morgan fingerprint density at radius 1 is 1.00 bits per heavy atom. The average Bonchev–Trinajstić information content (AvgIpc) is 2.50. The maximum absolute atomic E-state index is 6.12. The Morgan fingerprint density at radius 2 is 1.81 bits per heavy atom. The van der Waals surface area contributed by atoms with E-state index >= 15 is 0 Å². The summed E-state index contributed by atoms with van der Waals surface area (Å²) in [6, 6.07) is 12.0. The van der Waals surface area contributed by atoms with E-state index in [1.54, 1.807) is 6.20 Å². The molecule has 0 saturated carbocycles. The molecule has 0 amide bonds. The monoisotopic (exact) mass is 321 g/mol. The van der Waals surface area contributed by atoms with Gasteiger partial charge in [0.05, 0.1) is 0 Å². The van der Waals surface area contributed by atoms with Crippen LogP contribution in [0, 0.1) is 0 Å². The van der Waals surface area contributed by atoms with Crippen LogP contribution in [-0.4, -0.2) is 36.1 Å². The van der Waals surface area contributed by atoms with Crippen molar-refractivity contribution in [1.29, 1.82) is 0 Å². The molecule has 5 heteroatoms. The Labute approximate surface area is 135 Å². The number of halogens is 2. The maximum atomic E-state index is 6.12. The van der Waals surface area contributed by atoms with Gasteiger partial charge in [0.25, 0.3) is 0 Å². The predicted molar refractivity (Wildman–Crippen MR) is 88.2 cm³/mol. The molecule has 1 aliphatic heterocycles. The van der Waals surface area contributed by atoms with Crippen LogP contribution in [0.25, 0.3) is 0 Å². The second-order valence-electron chi connectivity index (χ2n) is 5.20. The van der Waals surface area contributed by atoms with Crippen LogP contribution >= 0.6 is 23.2 Å². The number of pyridine rings is 1. The zero-order valence-corrected chi connectivity index (χ0v) is 13.2. The first-order valence-corrected chi connectivity index (χ1v) is 7.80. The molecule has 1 aromatic heterocycles. The van der Waals surface area contributed by atoms with Crippen molar-refractivity contribution in [2.45, 2.75) is 6.54 Å². The summed E-state index contributed by atoms with van der Waals surface area (Å²) in [4.78, 5) is 8.91. The molecule has 21 heavy (non-hydrogen) atoms. The van der Waals surface area contributed by atoms with Crippen LogP contribution in [0.15, 0.2) is 42.6 Å². The van der Waals surface area contributed by atoms with Crippen molar-refractivity contribution < 1.29 is 0 Å². The number of nitrogens with zero attached hydrogens (tertiary/aromatic N) is 3. The second kappa shape index (κ2) is 6.65. The van der Waals surface area contributed by atoms with Gasteiger partial charge in [-0.2, -0.15) is 0 Å². The summed E-state index contributed by atoms with van der Waals surface area (Å²) in [5.74, 6) is 0. The van der Waals surface area contributed by atoms with E-state index in [0.29, 0.717) is 5.15 Å². The summed E-state index contributed by atoms with van der Waals surface area (Å²) in [5, 5.41) is 1.40. The molecule has 2 heterocycles. The topological polar surface area (TPSA) is 19.4 Å². The van der Waals surface area contributed by atoms with E-state index in [1.807, 2.05) is 30.3 Å². The minimum atomic E-state index is 0.606. The van der Waals surface area contributed by atoms with Crippen LogP contribution in [0.2, 0.25) is 10.2 Å². The molecule has 0 spiro atoms. The minimum Gasteiger partial charge on any atom is -0.369 e. The van der Waals surface area contributed by atoms with Crippen molar-refractivity contribution in [3.63, 3.8) is 0 Å².